The average molecular weight is 431 g/mol. The van der Waals surface area contributed by atoms with Gasteiger partial charge in [-0.1, -0.05) is 6.92 Å². The number of rotatable bonds is 6. The molecule has 1 aromatic rings. The molecule has 160 valence electrons. The number of hydrogen-bond donors (Lipinski definition) is 0. The van der Waals surface area contributed by atoms with E-state index in [4.69, 9.17) is 9.47 Å². The molecule has 2 saturated heterocycles. The Bertz CT molecular complexity index is 616. The summed E-state index contributed by atoms with van der Waals surface area (Å²) in [5.74, 6) is 2.27. The molecule has 5 nitrogen and oxygen atoms in total. The maximum Gasteiger partial charge on any atom is 0.136 e. The van der Waals surface area contributed by atoms with Crippen LogP contribution in [-0.2, 0) is 11.0 Å². The molecule has 0 N–H and O–H groups in total. The van der Waals surface area contributed by atoms with E-state index in [0.717, 1.165) is 37.6 Å². The van der Waals surface area contributed by atoms with Crippen LogP contribution in [0.5, 0.6) is 11.5 Å². The largest absolute Gasteiger partial charge is 0.495 e. The second kappa shape index (κ2) is 12.0. The van der Waals surface area contributed by atoms with Crippen LogP contribution >= 0.6 is 11.6 Å². The number of alkyl halides is 1. The highest BCUT2D eigenvalue weighted by Crippen LogP contribution is 2.31. The Balaban J connectivity index is 0.00000136. The minimum Gasteiger partial charge on any atom is -0.495 e. The highest BCUT2D eigenvalue weighted by atomic mass is 35.5. The van der Waals surface area contributed by atoms with Crippen molar-refractivity contribution in [2.75, 3.05) is 46.3 Å². The number of ether oxygens (including phenoxy) is 2. The van der Waals surface area contributed by atoms with E-state index in [1.165, 1.54) is 32.3 Å². The van der Waals surface area contributed by atoms with Gasteiger partial charge in [0.1, 0.15) is 27.4 Å². The van der Waals surface area contributed by atoms with Crippen LogP contribution in [-0.4, -0.2) is 65.7 Å². The van der Waals surface area contributed by atoms with E-state index >= 15 is 0 Å². The van der Waals surface area contributed by atoms with Gasteiger partial charge in [0.2, 0.25) is 0 Å². The molecule has 0 spiro atoms. The van der Waals surface area contributed by atoms with Crippen molar-refractivity contribution in [1.29, 1.82) is 0 Å². The predicted octanol–water partition coefficient (Wildman–Crippen LogP) is 4.17. The molecular weight excluding hydrogens is 396 g/mol. The number of nitrogens with zero attached hydrogens (tertiary/aromatic N) is 2. The van der Waals surface area contributed by atoms with Gasteiger partial charge in [0.15, 0.2) is 0 Å². The van der Waals surface area contributed by atoms with Crippen molar-refractivity contribution < 1.29 is 13.7 Å². The van der Waals surface area contributed by atoms with Crippen LogP contribution in [0, 0.1) is 5.92 Å². The van der Waals surface area contributed by atoms with Gasteiger partial charge in [-0.15, -0.1) is 11.6 Å². The lowest BCUT2D eigenvalue weighted by Gasteiger charge is -2.41. The quantitative estimate of drug-likeness (QED) is 0.635. The molecule has 0 saturated carbocycles. The zero-order valence-corrected chi connectivity index (χ0v) is 19.2. The van der Waals surface area contributed by atoms with Crippen LogP contribution in [0.15, 0.2) is 23.1 Å². The number of halogens is 1. The van der Waals surface area contributed by atoms with Crippen LogP contribution in [0.4, 0.5) is 0 Å². The van der Waals surface area contributed by atoms with Crippen LogP contribution in [0.1, 0.15) is 39.5 Å². The fraction of sp³-hybridized carbons (Fsp3) is 0.714. The van der Waals surface area contributed by atoms with E-state index in [1.807, 2.05) is 25.1 Å². The van der Waals surface area contributed by atoms with Crippen molar-refractivity contribution in [1.82, 2.24) is 9.21 Å². The highest BCUT2D eigenvalue weighted by Gasteiger charge is 2.30. The smallest absolute Gasteiger partial charge is 0.136 e. The molecule has 3 rings (SSSR count). The van der Waals surface area contributed by atoms with Gasteiger partial charge in [-0.2, -0.15) is 0 Å². The molecule has 0 bridgehead atoms. The van der Waals surface area contributed by atoms with Gasteiger partial charge in [-0.25, -0.2) is 8.51 Å². The van der Waals surface area contributed by atoms with Gasteiger partial charge in [-0.05, 0) is 63.7 Å². The van der Waals surface area contributed by atoms with Crippen LogP contribution in [0.2, 0.25) is 0 Å². The van der Waals surface area contributed by atoms with Crippen LogP contribution in [0.25, 0.3) is 0 Å². The van der Waals surface area contributed by atoms with Gasteiger partial charge in [0, 0.05) is 31.6 Å². The Kier molecular flexibility index (Phi) is 10.1. The Hall–Kier alpha value is -0.820. The zero-order chi connectivity index (χ0) is 20.5. The Morgan fingerprint density at radius 3 is 2.32 bits per heavy atom. The summed E-state index contributed by atoms with van der Waals surface area (Å²) < 4.78 is 26.2. The summed E-state index contributed by atoms with van der Waals surface area (Å²) >= 11 is 4.64. The van der Waals surface area contributed by atoms with E-state index in [2.05, 4.69) is 27.7 Å². The molecule has 2 fully saturated rings. The molecule has 1 atom stereocenters. The monoisotopic (exact) mass is 430 g/mol. The Labute approximate surface area is 177 Å². The number of benzene rings is 1. The molecule has 7 heteroatoms. The first kappa shape index (κ1) is 23.5. The molecule has 2 aliphatic heterocycles. The third-order valence-electron chi connectivity index (χ3n) is 5.63. The van der Waals surface area contributed by atoms with Gasteiger partial charge in [0.25, 0.3) is 0 Å². The summed E-state index contributed by atoms with van der Waals surface area (Å²) in [5.41, 5.74) is 0. The Morgan fingerprint density at radius 2 is 1.75 bits per heavy atom. The molecule has 0 amide bonds. The lowest BCUT2D eigenvalue weighted by Crippen LogP contribution is -2.47. The van der Waals surface area contributed by atoms with Crippen molar-refractivity contribution in [3.05, 3.63) is 18.2 Å². The maximum absolute atomic E-state index is 13.1. The van der Waals surface area contributed by atoms with Crippen molar-refractivity contribution >= 4 is 22.6 Å². The van der Waals surface area contributed by atoms with Gasteiger partial charge < -0.3 is 14.4 Å². The highest BCUT2D eigenvalue weighted by molar-refractivity contribution is 7.82. The number of methoxy groups -OCH3 is 1. The summed E-state index contributed by atoms with van der Waals surface area (Å²) in [6.07, 6.45) is 6.28. The maximum atomic E-state index is 13.1. The first-order valence-corrected chi connectivity index (χ1v) is 12.1. The normalized spacial score (nSPS) is 20.9. The van der Waals surface area contributed by atoms with Crippen molar-refractivity contribution in [3.8, 4) is 11.5 Å². The van der Waals surface area contributed by atoms with E-state index < -0.39 is 11.0 Å². The molecule has 1 aromatic carbocycles. The number of piperidine rings is 2. The van der Waals surface area contributed by atoms with Crippen LogP contribution in [0.3, 0.4) is 0 Å². The SMILES string of the molecule is CCOc1ccc(OC)c(S(=O)N2CCC(N3CCC(C)CC3)CC2)c1.CCl. The minimum atomic E-state index is -1.21. The number of likely N-dealkylation sites (tertiary alicyclic amines) is 1. The second-order valence-corrected chi connectivity index (χ2v) is 8.83. The van der Waals surface area contributed by atoms with E-state index in [-0.39, 0.29) is 0 Å². The van der Waals surface area contributed by atoms with Gasteiger partial charge in [0.05, 0.1) is 13.7 Å². The van der Waals surface area contributed by atoms with Crippen LogP contribution < -0.4 is 9.47 Å². The molecular formula is C21H35ClN2O3S. The van der Waals surface area contributed by atoms with Crippen molar-refractivity contribution in [2.45, 2.75) is 50.5 Å². The predicted molar refractivity (Wildman–Crippen MR) is 117 cm³/mol. The summed E-state index contributed by atoms with van der Waals surface area (Å²) in [4.78, 5) is 3.36. The summed E-state index contributed by atoms with van der Waals surface area (Å²) in [5, 5.41) is 0. The first-order valence-electron chi connectivity index (χ1n) is 10.2. The lowest BCUT2D eigenvalue weighted by atomic mass is 9.95. The summed E-state index contributed by atoms with van der Waals surface area (Å²) in [6, 6.07) is 6.22. The molecule has 0 aromatic heterocycles. The van der Waals surface area contributed by atoms with E-state index in [1.54, 1.807) is 7.11 Å². The summed E-state index contributed by atoms with van der Waals surface area (Å²) in [7, 11) is 0.414. The fourth-order valence-electron chi connectivity index (χ4n) is 3.96. The van der Waals surface area contributed by atoms with E-state index in [0.29, 0.717) is 23.3 Å². The second-order valence-electron chi connectivity index (χ2n) is 7.37. The third-order valence-corrected chi connectivity index (χ3v) is 7.16. The minimum absolute atomic E-state index is 0.595. The first-order chi connectivity index (χ1) is 13.6. The average Bonchev–Trinajstić information content (AvgIpc) is 2.75. The van der Waals surface area contributed by atoms with Gasteiger partial charge in [-0.3, -0.25) is 0 Å². The lowest BCUT2D eigenvalue weighted by molar-refractivity contribution is 0.102. The fourth-order valence-corrected chi connectivity index (χ4v) is 5.32. The molecule has 0 radical (unpaired) electrons. The zero-order valence-electron chi connectivity index (χ0n) is 17.7. The topological polar surface area (TPSA) is 42.0 Å². The molecule has 2 aliphatic rings. The van der Waals surface area contributed by atoms with E-state index in [9.17, 15) is 4.21 Å². The van der Waals surface area contributed by atoms with Crippen molar-refractivity contribution in [2.24, 2.45) is 5.92 Å². The summed E-state index contributed by atoms with van der Waals surface area (Å²) in [6.45, 7) is 9.08. The molecule has 0 aliphatic carbocycles. The molecule has 2 heterocycles. The van der Waals surface area contributed by atoms with Crippen molar-refractivity contribution in [3.63, 3.8) is 0 Å². The standard InChI is InChI=1S/C20H32N2O3S.CH3Cl/c1-4-25-18-5-6-19(24-3)20(15-18)26(23)22-13-9-17(10-14-22)21-11-7-16(2)8-12-21;1-2/h5-6,15-17H,4,7-14H2,1-3H3;1H3. The molecule has 28 heavy (non-hydrogen) atoms. The molecule has 1 unspecified atom stereocenters. The number of hydrogen-bond acceptors (Lipinski definition) is 4. The van der Waals surface area contributed by atoms with Gasteiger partial charge >= 0.3 is 0 Å². The third kappa shape index (κ3) is 6.09. The Morgan fingerprint density at radius 1 is 1.11 bits per heavy atom.